The van der Waals surface area contributed by atoms with Gasteiger partial charge in [-0.15, -0.1) is 0 Å². The first-order chi connectivity index (χ1) is 7.77. The number of hydrogen-bond acceptors (Lipinski definition) is 2. The molecule has 0 fully saturated rings. The quantitative estimate of drug-likeness (QED) is 0.907. The van der Waals surface area contributed by atoms with Gasteiger partial charge in [0, 0.05) is 22.4 Å². The summed E-state index contributed by atoms with van der Waals surface area (Å²) in [7, 11) is 0. The number of aromatic nitrogens is 1. The summed E-state index contributed by atoms with van der Waals surface area (Å²) in [5.74, 6) is 0.272. The van der Waals surface area contributed by atoms with E-state index in [1.807, 2.05) is 30.3 Å². The Hall–Kier alpha value is -1.61. The molecule has 0 aliphatic heterocycles. The van der Waals surface area contributed by atoms with E-state index >= 15 is 0 Å². The van der Waals surface area contributed by atoms with Crippen LogP contribution >= 0.6 is 15.9 Å². The van der Waals surface area contributed by atoms with Gasteiger partial charge in [0.25, 0.3) is 0 Å². The topological polar surface area (TPSA) is 33.1 Å². The number of halogens is 1. The number of phenols is 1. The molecule has 1 aromatic carbocycles. The van der Waals surface area contributed by atoms with Crippen LogP contribution in [0.1, 0.15) is 11.1 Å². The van der Waals surface area contributed by atoms with Gasteiger partial charge in [-0.05, 0) is 29.8 Å². The molecule has 1 heterocycles. The van der Waals surface area contributed by atoms with Crippen molar-refractivity contribution in [2.45, 2.75) is 0 Å². The number of phenolic OH excluding ortho intramolecular Hbond substituents is 1. The van der Waals surface area contributed by atoms with Gasteiger partial charge in [0.05, 0.1) is 0 Å². The maximum atomic E-state index is 9.63. The van der Waals surface area contributed by atoms with Crippen molar-refractivity contribution in [1.82, 2.24) is 4.98 Å². The minimum absolute atomic E-state index is 0.272. The molecule has 80 valence electrons. The summed E-state index contributed by atoms with van der Waals surface area (Å²) in [6.07, 6.45) is 5.34. The van der Waals surface area contributed by atoms with Crippen molar-refractivity contribution in [2.75, 3.05) is 0 Å². The fraction of sp³-hybridized carbons (Fsp3) is 0. The number of benzene rings is 1. The molecule has 1 N–H and O–H groups in total. The summed E-state index contributed by atoms with van der Waals surface area (Å²) in [4.78, 5) is 3.95. The first-order valence-corrected chi connectivity index (χ1v) is 5.62. The van der Waals surface area contributed by atoms with Crippen LogP contribution in [0.15, 0.2) is 48.8 Å². The van der Waals surface area contributed by atoms with Crippen molar-refractivity contribution in [3.05, 3.63) is 59.9 Å². The Morgan fingerprint density at radius 2 is 1.81 bits per heavy atom. The summed E-state index contributed by atoms with van der Waals surface area (Å²) in [6.45, 7) is 0. The molecule has 3 heteroatoms. The van der Waals surface area contributed by atoms with Crippen LogP contribution in [0.25, 0.3) is 10.6 Å². The van der Waals surface area contributed by atoms with Crippen molar-refractivity contribution < 1.29 is 5.11 Å². The lowest BCUT2D eigenvalue weighted by Crippen LogP contribution is -1.79. The summed E-state index contributed by atoms with van der Waals surface area (Å²) in [5, 5.41) is 9.63. The maximum absolute atomic E-state index is 9.63. The first-order valence-electron chi connectivity index (χ1n) is 4.83. The molecule has 2 aromatic rings. The van der Waals surface area contributed by atoms with Crippen LogP contribution in [-0.2, 0) is 0 Å². The van der Waals surface area contributed by atoms with E-state index in [0.717, 1.165) is 15.6 Å². The highest BCUT2D eigenvalue weighted by Gasteiger charge is 2.00. The summed E-state index contributed by atoms with van der Waals surface area (Å²) in [5.41, 5.74) is 1.81. The molecule has 0 unspecified atom stereocenters. The van der Waals surface area contributed by atoms with Gasteiger partial charge < -0.3 is 5.11 Å². The lowest BCUT2D eigenvalue weighted by Gasteiger charge is -2.01. The molecule has 16 heavy (non-hydrogen) atoms. The van der Waals surface area contributed by atoms with Crippen LogP contribution in [-0.4, -0.2) is 10.1 Å². The highest BCUT2D eigenvalue weighted by atomic mass is 79.9. The Balaban J connectivity index is 2.36. The van der Waals surface area contributed by atoms with Gasteiger partial charge in [-0.25, -0.2) is 0 Å². The van der Waals surface area contributed by atoms with Crippen molar-refractivity contribution in [3.63, 3.8) is 0 Å². The molecule has 0 bridgehead atoms. The molecule has 0 saturated carbocycles. The number of nitrogens with zero attached hydrogens (tertiary/aromatic N) is 1. The van der Waals surface area contributed by atoms with E-state index < -0.39 is 0 Å². The van der Waals surface area contributed by atoms with Crippen LogP contribution in [0, 0.1) is 0 Å². The molecule has 0 amide bonds. The summed E-state index contributed by atoms with van der Waals surface area (Å²) in [6, 6.07) is 11.0. The van der Waals surface area contributed by atoms with E-state index in [1.54, 1.807) is 24.5 Å². The Kier molecular flexibility index (Phi) is 3.37. The lowest BCUT2D eigenvalue weighted by molar-refractivity contribution is 0.474. The normalized spacial score (nSPS) is 11.4. The Morgan fingerprint density at radius 1 is 1.12 bits per heavy atom. The second-order valence-corrected chi connectivity index (χ2v) is 4.14. The minimum Gasteiger partial charge on any atom is -0.507 e. The minimum atomic E-state index is 0.272. The molecule has 0 atom stereocenters. The fourth-order valence-corrected chi connectivity index (χ4v) is 1.85. The molecule has 1 aromatic heterocycles. The number of rotatable bonds is 2. The second kappa shape index (κ2) is 4.94. The third kappa shape index (κ3) is 2.49. The van der Waals surface area contributed by atoms with E-state index in [1.165, 1.54) is 0 Å². The number of para-hydroxylation sites is 1. The van der Waals surface area contributed by atoms with Gasteiger partial charge in [0.1, 0.15) is 5.75 Å². The largest absolute Gasteiger partial charge is 0.507 e. The fourth-order valence-electron chi connectivity index (χ4n) is 1.34. The molecule has 0 radical (unpaired) electrons. The molecule has 0 aliphatic rings. The average Bonchev–Trinajstić information content (AvgIpc) is 2.33. The van der Waals surface area contributed by atoms with Crippen LogP contribution in [0.4, 0.5) is 0 Å². The van der Waals surface area contributed by atoms with Crippen molar-refractivity contribution in [2.24, 2.45) is 0 Å². The Morgan fingerprint density at radius 3 is 2.50 bits per heavy atom. The highest BCUT2D eigenvalue weighted by molar-refractivity contribution is 9.15. The zero-order valence-corrected chi connectivity index (χ0v) is 10.1. The maximum Gasteiger partial charge on any atom is 0.122 e. The van der Waals surface area contributed by atoms with Gasteiger partial charge in [0.15, 0.2) is 0 Å². The van der Waals surface area contributed by atoms with Gasteiger partial charge in [0.2, 0.25) is 0 Å². The van der Waals surface area contributed by atoms with E-state index in [2.05, 4.69) is 20.9 Å². The molecule has 2 rings (SSSR count). The summed E-state index contributed by atoms with van der Waals surface area (Å²) >= 11 is 3.48. The highest BCUT2D eigenvalue weighted by Crippen LogP contribution is 2.27. The monoisotopic (exact) mass is 275 g/mol. The van der Waals surface area contributed by atoms with Crippen LogP contribution in [0.3, 0.4) is 0 Å². The molecule has 0 aliphatic carbocycles. The number of hydrogen-bond donors (Lipinski definition) is 1. The van der Waals surface area contributed by atoms with Crippen LogP contribution in [0.5, 0.6) is 5.75 Å². The Bertz CT molecular complexity index is 508. The van der Waals surface area contributed by atoms with Gasteiger partial charge in [-0.1, -0.05) is 34.1 Å². The van der Waals surface area contributed by atoms with E-state index in [9.17, 15) is 5.11 Å². The van der Waals surface area contributed by atoms with Crippen LogP contribution < -0.4 is 0 Å². The van der Waals surface area contributed by atoms with Crippen LogP contribution in [0.2, 0.25) is 0 Å². The number of pyridine rings is 1. The predicted octanol–water partition coefficient (Wildman–Crippen LogP) is 3.68. The van der Waals surface area contributed by atoms with Crippen molar-refractivity contribution >= 4 is 26.5 Å². The third-order valence-corrected chi connectivity index (χ3v) is 2.86. The summed E-state index contributed by atoms with van der Waals surface area (Å²) < 4.78 is 0.913. The molecule has 0 spiro atoms. The molecular formula is C13H10BrNO. The van der Waals surface area contributed by atoms with Gasteiger partial charge in [-0.3, -0.25) is 4.98 Å². The van der Waals surface area contributed by atoms with Crippen molar-refractivity contribution in [3.8, 4) is 5.75 Å². The standard InChI is InChI=1S/C13H10BrNO/c14-12(10-5-7-15-8-6-10)9-11-3-1-2-4-13(11)16/h1-9,16H/b12-9+. The zero-order chi connectivity index (χ0) is 11.4. The second-order valence-electron chi connectivity index (χ2n) is 3.29. The van der Waals surface area contributed by atoms with Gasteiger partial charge in [-0.2, -0.15) is 0 Å². The van der Waals surface area contributed by atoms with Gasteiger partial charge >= 0.3 is 0 Å². The molecule has 0 saturated heterocycles. The average molecular weight is 276 g/mol. The van der Waals surface area contributed by atoms with Crippen molar-refractivity contribution in [1.29, 1.82) is 0 Å². The third-order valence-electron chi connectivity index (χ3n) is 2.18. The van der Waals surface area contributed by atoms with E-state index in [4.69, 9.17) is 0 Å². The SMILES string of the molecule is Oc1ccccc1/C=C(/Br)c1ccncc1. The molecular weight excluding hydrogens is 266 g/mol. The van der Waals surface area contributed by atoms with E-state index in [-0.39, 0.29) is 5.75 Å². The zero-order valence-electron chi connectivity index (χ0n) is 8.47. The predicted molar refractivity (Wildman–Crippen MR) is 69.1 cm³/mol. The Labute approximate surface area is 102 Å². The lowest BCUT2D eigenvalue weighted by atomic mass is 10.1. The van der Waals surface area contributed by atoms with E-state index in [0.29, 0.717) is 0 Å². The smallest absolute Gasteiger partial charge is 0.122 e. The first kappa shape index (κ1) is 10.9. The molecule has 2 nitrogen and oxygen atoms in total. The number of aromatic hydroxyl groups is 1.